The van der Waals surface area contributed by atoms with Crippen molar-refractivity contribution < 1.29 is 23.8 Å². The second-order valence-electron chi connectivity index (χ2n) is 14.7. The van der Waals surface area contributed by atoms with E-state index in [-0.39, 0.29) is 35.3 Å². The molecule has 2 aromatic heterocycles. The maximum absolute atomic E-state index is 13.7. The number of nitrogens with zero attached hydrogens (tertiary/aromatic N) is 3. The zero-order valence-corrected chi connectivity index (χ0v) is 28.7. The molecule has 6 rings (SSSR count). The molecule has 11 heteroatoms. The number of ether oxygens (including phenoxy) is 2. The topological polar surface area (TPSA) is 109 Å². The summed E-state index contributed by atoms with van der Waals surface area (Å²) in [5.41, 5.74) is 3.87. The third-order valence-corrected chi connectivity index (χ3v) is 10.3. The molecule has 1 aromatic carbocycles. The summed E-state index contributed by atoms with van der Waals surface area (Å²) in [5, 5.41) is 21.4. The standard InChI is InChI=1S/C36H48FN5O4S/c1-23-40-27(22-47-23)20-42-12-13-45-32(21-42)33(44)41-29(15-24-6-8-26(37)9-7-24)31(43)19-38-30-17-36(10-5-11-36)46-34-28(30)14-25(18-39-34)16-35(2,3)4/h6-9,14,18,22,29-32,38,43H,5,10-13,15-17,19-21H2,1-4H3,(H,41,44)/t29-,30-,31+,32?/m0/s1. The molecule has 4 atom stereocenters. The minimum atomic E-state index is -0.920. The molecular formula is C36H48FN5O4S. The summed E-state index contributed by atoms with van der Waals surface area (Å²) in [6.45, 7) is 11.1. The van der Waals surface area contributed by atoms with E-state index < -0.39 is 18.2 Å². The molecule has 9 nitrogen and oxygen atoms in total. The lowest BCUT2D eigenvalue weighted by atomic mass is 9.73. The van der Waals surface area contributed by atoms with Gasteiger partial charge in [0.15, 0.2) is 0 Å². The Labute approximate surface area is 281 Å². The van der Waals surface area contributed by atoms with E-state index in [1.54, 1.807) is 23.5 Å². The van der Waals surface area contributed by atoms with Crippen molar-refractivity contribution >= 4 is 17.2 Å². The molecule has 2 fully saturated rings. The Morgan fingerprint density at radius 3 is 2.70 bits per heavy atom. The molecular weight excluding hydrogens is 617 g/mol. The Kier molecular flexibility index (Phi) is 10.3. The van der Waals surface area contributed by atoms with E-state index in [1.165, 1.54) is 12.1 Å². The zero-order valence-electron chi connectivity index (χ0n) is 27.9. The van der Waals surface area contributed by atoms with Gasteiger partial charge in [0.2, 0.25) is 5.88 Å². The minimum absolute atomic E-state index is 0.0483. The molecule has 1 unspecified atom stereocenters. The highest BCUT2D eigenvalue weighted by Gasteiger charge is 2.46. The molecule has 2 aliphatic heterocycles. The fourth-order valence-corrected chi connectivity index (χ4v) is 7.50. The van der Waals surface area contributed by atoms with Gasteiger partial charge in [0.1, 0.15) is 17.5 Å². The summed E-state index contributed by atoms with van der Waals surface area (Å²) in [6, 6.07) is 7.72. The number of aliphatic hydroxyl groups is 1. The van der Waals surface area contributed by atoms with E-state index in [2.05, 4.69) is 47.4 Å². The van der Waals surface area contributed by atoms with Gasteiger partial charge >= 0.3 is 0 Å². The third-order valence-electron chi connectivity index (χ3n) is 9.43. The molecule has 3 N–H and O–H groups in total. The number of carbonyl (C=O) groups is 1. The number of halogens is 1. The lowest BCUT2D eigenvalue weighted by Gasteiger charge is -2.47. The largest absolute Gasteiger partial charge is 0.471 e. The lowest BCUT2D eigenvalue weighted by molar-refractivity contribution is -0.140. The summed E-state index contributed by atoms with van der Waals surface area (Å²) >= 11 is 1.62. The fraction of sp³-hybridized carbons (Fsp3) is 0.583. The number of pyridine rings is 1. The van der Waals surface area contributed by atoms with Crippen molar-refractivity contribution in [2.24, 2.45) is 5.41 Å². The smallest absolute Gasteiger partial charge is 0.250 e. The van der Waals surface area contributed by atoms with Gasteiger partial charge in [-0.3, -0.25) is 9.69 Å². The highest BCUT2D eigenvalue weighted by atomic mass is 32.1. The molecule has 47 heavy (non-hydrogen) atoms. The fourth-order valence-electron chi connectivity index (χ4n) is 6.90. The monoisotopic (exact) mass is 665 g/mol. The number of aliphatic hydroxyl groups excluding tert-OH is 1. The van der Waals surface area contributed by atoms with Crippen LogP contribution >= 0.6 is 11.3 Å². The normalized spacial score (nSPS) is 22.2. The molecule has 0 radical (unpaired) electrons. The van der Waals surface area contributed by atoms with E-state index in [1.807, 2.05) is 18.5 Å². The molecule has 3 aromatic rings. The summed E-state index contributed by atoms with van der Waals surface area (Å²) in [7, 11) is 0. The molecule has 0 bridgehead atoms. The van der Waals surface area contributed by atoms with Crippen molar-refractivity contribution in [3.8, 4) is 5.88 Å². The van der Waals surface area contributed by atoms with Crippen LogP contribution in [-0.2, 0) is 28.9 Å². The summed E-state index contributed by atoms with van der Waals surface area (Å²) in [4.78, 5) is 25.1. The Bertz CT molecular complexity index is 1520. The maximum Gasteiger partial charge on any atom is 0.250 e. The zero-order chi connectivity index (χ0) is 33.2. The highest BCUT2D eigenvalue weighted by Crippen LogP contribution is 2.48. The number of amides is 1. The molecule has 1 aliphatic carbocycles. The summed E-state index contributed by atoms with van der Waals surface area (Å²) in [5.74, 6) is 0.0739. The highest BCUT2D eigenvalue weighted by molar-refractivity contribution is 7.09. The molecule has 1 saturated heterocycles. The maximum atomic E-state index is 13.7. The van der Waals surface area contributed by atoms with Gasteiger partial charge in [0.05, 0.1) is 29.5 Å². The van der Waals surface area contributed by atoms with Crippen LogP contribution in [0.1, 0.15) is 79.9 Å². The molecule has 1 amide bonds. The third kappa shape index (κ3) is 8.75. The van der Waals surface area contributed by atoms with Gasteiger partial charge in [-0.25, -0.2) is 14.4 Å². The predicted octanol–water partition coefficient (Wildman–Crippen LogP) is 4.90. The number of benzene rings is 1. The molecule has 1 spiro atoms. The first-order valence-electron chi connectivity index (χ1n) is 16.8. The summed E-state index contributed by atoms with van der Waals surface area (Å²) in [6.07, 6.45) is 5.47. The minimum Gasteiger partial charge on any atom is -0.471 e. The number of hydrogen-bond donors (Lipinski definition) is 3. The number of morpholine rings is 1. The van der Waals surface area contributed by atoms with Gasteiger partial charge in [-0.2, -0.15) is 0 Å². The van der Waals surface area contributed by atoms with E-state index in [9.17, 15) is 14.3 Å². The van der Waals surface area contributed by atoms with Crippen molar-refractivity contribution in [3.05, 3.63) is 75.1 Å². The number of fused-ring (bicyclic) bond motifs is 1. The SMILES string of the molecule is Cc1nc(CN2CCOC(C(=O)N[C@@H](Cc3ccc(F)cc3)[C@H](O)CN[C@H]3CC4(CCC4)Oc4ncc(CC(C)(C)C)cc43)C2)cs1. The molecule has 4 heterocycles. The van der Waals surface area contributed by atoms with Crippen molar-refractivity contribution in [3.63, 3.8) is 0 Å². The van der Waals surface area contributed by atoms with Crippen LogP contribution in [0.25, 0.3) is 0 Å². The van der Waals surface area contributed by atoms with Gasteiger partial charge in [-0.15, -0.1) is 11.3 Å². The van der Waals surface area contributed by atoms with Crippen molar-refractivity contribution in [2.45, 2.75) is 103 Å². The second kappa shape index (κ2) is 14.3. The summed E-state index contributed by atoms with van der Waals surface area (Å²) < 4.78 is 26.1. The van der Waals surface area contributed by atoms with Crippen LogP contribution in [0.4, 0.5) is 4.39 Å². The van der Waals surface area contributed by atoms with Crippen LogP contribution in [0.5, 0.6) is 5.88 Å². The van der Waals surface area contributed by atoms with Crippen LogP contribution in [0.2, 0.25) is 0 Å². The van der Waals surface area contributed by atoms with Gasteiger partial charge in [0, 0.05) is 55.8 Å². The Morgan fingerprint density at radius 1 is 1.23 bits per heavy atom. The van der Waals surface area contributed by atoms with E-state index in [4.69, 9.17) is 14.5 Å². The first kappa shape index (κ1) is 33.9. The van der Waals surface area contributed by atoms with E-state index in [0.717, 1.165) is 59.5 Å². The number of thiazole rings is 1. The first-order chi connectivity index (χ1) is 22.4. The van der Waals surface area contributed by atoms with Crippen molar-refractivity contribution in [1.29, 1.82) is 0 Å². The molecule has 1 saturated carbocycles. The quantitative estimate of drug-likeness (QED) is 0.266. The molecule has 254 valence electrons. The number of carbonyl (C=O) groups excluding carboxylic acids is 1. The van der Waals surface area contributed by atoms with Crippen LogP contribution in [0, 0.1) is 18.2 Å². The second-order valence-corrected chi connectivity index (χ2v) is 15.8. The lowest BCUT2D eigenvalue weighted by Crippen LogP contribution is -2.56. The van der Waals surface area contributed by atoms with Crippen LogP contribution in [0.3, 0.4) is 0 Å². The van der Waals surface area contributed by atoms with Gasteiger partial charge in [0.25, 0.3) is 5.91 Å². The molecule has 3 aliphatic rings. The van der Waals surface area contributed by atoms with Crippen molar-refractivity contribution in [1.82, 2.24) is 25.5 Å². The first-order valence-corrected chi connectivity index (χ1v) is 17.7. The van der Waals surface area contributed by atoms with Gasteiger partial charge in [-0.1, -0.05) is 32.9 Å². The predicted molar refractivity (Wildman–Crippen MR) is 180 cm³/mol. The number of nitrogens with one attached hydrogen (secondary N) is 2. The van der Waals surface area contributed by atoms with E-state index in [0.29, 0.717) is 38.5 Å². The van der Waals surface area contributed by atoms with Crippen molar-refractivity contribution in [2.75, 3.05) is 26.2 Å². The Balaban J connectivity index is 1.15. The number of rotatable bonds is 11. The van der Waals surface area contributed by atoms with Crippen LogP contribution in [0.15, 0.2) is 41.9 Å². The average molecular weight is 666 g/mol. The van der Waals surface area contributed by atoms with Crippen LogP contribution in [-0.4, -0.2) is 76.0 Å². The van der Waals surface area contributed by atoms with Crippen LogP contribution < -0.4 is 15.4 Å². The Hall–Kier alpha value is -2.96. The number of aryl methyl sites for hydroxylation is 1. The van der Waals surface area contributed by atoms with E-state index >= 15 is 0 Å². The van der Waals surface area contributed by atoms with Gasteiger partial charge in [-0.05, 0) is 73.8 Å². The number of hydrogen-bond acceptors (Lipinski definition) is 9. The number of aromatic nitrogens is 2. The Morgan fingerprint density at radius 2 is 2.02 bits per heavy atom. The van der Waals surface area contributed by atoms with Gasteiger partial charge < -0.3 is 25.2 Å². The average Bonchev–Trinajstić information content (AvgIpc) is 3.42.